The van der Waals surface area contributed by atoms with Crippen LogP contribution in [0, 0.1) is 11.6 Å². The average molecular weight is 597 g/mol. The summed E-state index contributed by atoms with van der Waals surface area (Å²) < 4.78 is 76.3. The van der Waals surface area contributed by atoms with E-state index in [0.29, 0.717) is 29.9 Å². The lowest BCUT2D eigenvalue weighted by molar-refractivity contribution is -0.146. The Kier molecular flexibility index (Phi) is 8.36. The van der Waals surface area contributed by atoms with Crippen LogP contribution >= 0.6 is 0 Å². The molecule has 0 bridgehead atoms. The van der Waals surface area contributed by atoms with Crippen LogP contribution in [0.15, 0.2) is 35.1 Å². The summed E-state index contributed by atoms with van der Waals surface area (Å²) in [5.74, 6) is -4.05. The number of imidazole rings is 1. The Morgan fingerprint density at radius 2 is 1.81 bits per heavy atom. The number of aromatic nitrogens is 3. The molecule has 3 atom stereocenters. The minimum Gasteiger partial charge on any atom is -0.481 e. The Morgan fingerprint density at radius 3 is 2.50 bits per heavy atom. The first-order chi connectivity index (χ1) is 20.1. The monoisotopic (exact) mass is 596 g/mol. The van der Waals surface area contributed by atoms with Crippen LogP contribution in [0.3, 0.4) is 0 Å². The Hall–Kier alpha value is -4.17. The molecule has 15 heteroatoms. The number of hydrogen-bond acceptors (Lipinski definition) is 5. The molecule has 1 aromatic carbocycles. The van der Waals surface area contributed by atoms with Crippen LogP contribution in [0.2, 0.25) is 0 Å². The van der Waals surface area contributed by atoms with Gasteiger partial charge in [-0.15, -0.1) is 0 Å². The van der Waals surface area contributed by atoms with Gasteiger partial charge in [-0.2, -0.15) is 4.98 Å². The molecule has 5 rings (SSSR count). The normalized spacial score (nSPS) is 21.1. The fourth-order valence-corrected chi connectivity index (χ4v) is 5.73. The lowest BCUT2D eigenvalue weighted by atomic mass is 9.93. The first-order valence-electron chi connectivity index (χ1n) is 13.5. The SMILES string of the molecule is COc1ccc2c(n1)[nH]c(=O)n2C1CCN(C(=O)N[C@@H]2CC[C@@H](c3cccc(F)c3F)CN(C(F)C(F)F)C2=O)CC1. The number of carbonyl (C=O) groups is 2. The molecule has 0 aliphatic carbocycles. The summed E-state index contributed by atoms with van der Waals surface area (Å²) in [5.41, 5.74) is 0.422. The number of halogens is 5. The summed E-state index contributed by atoms with van der Waals surface area (Å²) in [6, 6.07) is 4.47. The zero-order valence-electron chi connectivity index (χ0n) is 22.5. The minimum atomic E-state index is -3.54. The molecule has 2 fully saturated rings. The van der Waals surface area contributed by atoms with E-state index < -0.39 is 54.8 Å². The number of nitrogens with one attached hydrogen (secondary N) is 2. The van der Waals surface area contributed by atoms with Crippen molar-refractivity contribution in [2.24, 2.45) is 0 Å². The van der Waals surface area contributed by atoms with Crippen molar-refractivity contribution in [3.63, 3.8) is 0 Å². The number of alkyl halides is 3. The molecule has 2 aromatic heterocycles. The van der Waals surface area contributed by atoms with E-state index in [2.05, 4.69) is 15.3 Å². The molecule has 1 unspecified atom stereocenters. The molecule has 226 valence electrons. The molecular formula is C27H29F5N6O4. The maximum Gasteiger partial charge on any atom is 0.327 e. The van der Waals surface area contributed by atoms with E-state index in [1.807, 2.05) is 0 Å². The standard InChI is InChI=1S/C27H29F5N6O4/c1-42-20-8-7-19-24(34-20)35-27(41)38(19)15-9-11-36(12-10-15)26(40)33-18-6-5-14(16-3-2-4-17(28)21(16)29)13-37(25(18)39)23(32)22(30)31/h2-4,7-8,14-15,18,22-23H,5-6,9-13H2,1H3,(H,33,40)(H,34,35,41)/t14-,18-,23?/m1/s1. The first-order valence-corrected chi connectivity index (χ1v) is 13.5. The first kappa shape index (κ1) is 29.3. The number of pyridine rings is 1. The van der Waals surface area contributed by atoms with Gasteiger partial charge in [0.1, 0.15) is 6.04 Å². The van der Waals surface area contributed by atoms with Gasteiger partial charge in [-0.1, -0.05) is 12.1 Å². The largest absolute Gasteiger partial charge is 0.481 e. The summed E-state index contributed by atoms with van der Waals surface area (Å²) >= 11 is 0. The van der Waals surface area contributed by atoms with Gasteiger partial charge in [-0.25, -0.2) is 31.5 Å². The molecule has 3 aromatic rings. The van der Waals surface area contributed by atoms with E-state index in [-0.39, 0.29) is 48.1 Å². The molecule has 42 heavy (non-hydrogen) atoms. The van der Waals surface area contributed by atoms with Crippen LogP contribution in [0.4, 0.5) is 26.7 Å². The second kappa shape index (κ2) is 12.0. The molecule has 2 saturated heterocycles. The topological polar surface area (TPSA) is 113 Å². The number of fused-ring (bicyclic) bond motifs is 1. The number of hydrogen-bond donors (Lipinski definition) is 2. The number of urea groups is 1. The van der Waals surface area contributed by atoms with Crippen molar-refractivity contribution < 1.29 is 36.3 Å². The van der Waals surface area contributed by atoms with Gasteiger partial charge in [0.15, 0.2) is 17.3 Å². The van der Waals surface area contributed by atoms with E-state index in [0.717, 1.165) is 6.07 Å². The average Bonchev–Trinajstić information content (AvgIpc) is 3.23. The smallest absolute Gasteiger partial charge is 0.327 e. The predicted octanol–water partition coefficient (Wildman–Crippen LogP) is 3.69. The van der Waals surface area contributed by atoms with E-state index in [1.165, 1.54) is 24.1 Å². The fourth-order valence-electron chi connectivity index (χ4n) is 5.73. The number of piperidine rings is 1. The zero-order chi connectivity index (χ0) is 30.1. The highest BCUT2D eigenvalue weighted by Gasteiger charge is 2.41. The molecular weight excluding hydrogens is 567 g/mol. The third kappa shape index (κ3) is 5.63. The Morgan fingerprint density at radius 1 is 1.07 bits per heavy atom. The third-order valence-corrected chi connectivity index (χ3v) is 7.90. The third-order valence-electron chi connectivity index (χ3n) is 7.90. The Balaban J connectivity index is 1.28. The van der Waals surface area contributed by atoms with Crippen molar-refractivity contribution in [2.75, 3.05) is 26.7 Å². The number of H-pyrrole nitrogens is 1. The lowest BCUT2D eigenvalue weighted by Crippen LogP contribution is -2.55. The molecule has 2 aliphatic heterocycles. The summed E-state index contributed by atoms with van der Waals surface area (Å²) in [4.78, 5) is 47.6. The van der Waals surface area contributed by atoms with Crippen molar-refractivity contribution >= 4 is 23.1 Å². The Bertz CT molecular complexity index is 1520. The van der Waals surface area contributed by atoms with Gasteiger partial charge in [0, 0.05) is 37.7 Å². The van der Waals surface area contributed by atoms with Crippen molar-refractivity contribution in [1.82, 2.24) is 29.7 Å². The van der Waals surface area contributed by atoms with Crippen LogP contribution in [0.25, 0.3) is 11.2 Å². The molecule has 2 N–H and O–H groups in total. The molecule has 4 heterocycles. The van der Waals surface area contributed by atoms with Crippen molar-refractivity contribution in [2.45, 2.75) is 56.4 Å². The number of rotatable bonds is 6. The summed E-state index contributed by atoms with van der Waals surface area (Å²) in [5, 5.41) is 2.52. The number of benzene rings is 1. The quantitative estimate of drug-likeness (QED) is 0.333. The summed E-state index contributed by atoms with van der Waals surface area (Å²) in [6.45, 7) is -0.185. The highest BCUT2D eigenvalue weighted by atomic mass is 19.3. The number of aromatic amines is 1. The number of carbonyl (C=O) groups excluding carboxylic acids is 2. The van der Waals surface area contributed by atoms with Crippen molar-refractivity contribution in [1.29, 1.82) is 0 Å². The highest BCUT2D eigenvalue weighted by molar-refractivity contribution is 5.87. The van der Waals surface area contributed by atoms with E-state index in [9.17, 15) is 36.3 Å². The Labute approximate surface area is 236 Å². The van der Waals surface area contributed by atoms with Crippen LogP contribution in [-0.4, -0.2) is 81.8 Å². The second-order valence-corrected chi connectivity index (χ2v) is 10.4. The van der Waals surface area contributed by atoms with Crippen molar-refractivity contribution in [3.8, 4) is 5.88 Å². The molecule has 0 spiro atoms. The maximum atomic E-state index is 14.6. The van der Waals surface area contributed by atoms with Gasteiger partial charge < -0.3 is 19.9 Å². The minimum absolute atomic E-state index is 0.00783. The number of ether oxygens (including phenoxy) is 1. The van der Waals surface area contributed by atoms with Gasteiger partial charge in [0.2, 0.25) is 18.1 Å². The van der Waals surface area contributed by atoms with Crippen LogP contribution < -0.4 is 15.7 Å². The lowest BCUT2D eigenvalue weighted by Gasteiger charge is -2.34. The molecule has 0 radical (unpaired) electrons. The maximum absolute atomic E-state index is 14.6. The van der Waals surface area contributed by atoms with E-state index in [4.69, 9.17) is 4.74 Å². The molecule has 0 saturated carbocycles. The van der Waals surface area contributed by atoms with Crippen LogP contribution in [-0.2, 0) is 4.79 Å². The fraction of sp³-hybridized carbons (Fsp3) is 0.481. The second-order valence-electron chi connectivity index (χ2n) is 10.4. The van der Waals surface area contributed by atoms with Gasteiger partial charge in [0.05, 0.1) is 12.6 Å². The van der Waals surface area contributed by atoms with Gasteiger partial charge in [-0.05, 0) is 43.4 Å². The van der Waals surface area contributed by atoms with Crippen molar-refractivity contribution in [3.05, 3.63) is 58.0 Å². The number of nitrogens with zero attached hydrogens (tertiary/aromatic N) is 4. The van der Waals surface area contributed by atoms with E-state index in [1.54, 1.807) is 16.7 Å². The zero-order valence-corrected chi connectivity index (χ0v) is 22.5. The molecule has 10 nitrogen and oxygen atoms in total. The predicted molar refractivity (Wildman–Crippen MR) is 140 cm³/mol. The van der Waals surface area contributed by atoms with E-state index >= 15 is 0 Å². The molecule has 3 amide bonds. The number of methoxy groups -OCH3 is 1. The molecule has 2 aliphatic rings. The van der Waals surface area contributed by atoms with Crippen LogP contribution in [0.1, 0.15) is 43.2 Å². The summed E-state index contributed by atoms with van der Waals surface area (Å²) in [6.07, 6.45) is -5.83. The van der Waals surface area contributed by atoms with Gasteiger partial charge in [-0.3, -0.25) is 14.3 Å². The van der Waals surface area contributed by atoms with Crippen LogP contribution in [0.5, 0.6) is 5.88 Å². The number of likely N-dealkylation sites (tertiary alicyclic amines) is 2. The number of amides is 3. The summed E-state index contributed by atoms with van der Waals surface area (Å²) in [7, 11) is 1.46. The van der Waals surface area contributed by atoms with Gasteiger partial charge in [0.25, 0.3) is 6.43 Å². The highest BCUT2D eigenvalue weighted by Crippen LogP contribution is 2.32. The van der Waals surface area contributed by atoms with Gasteiger partial charge >= 0.3 is 11.7 Å².